The van der Waals surface area contributed by atoms with Gasteiger partial charge in [0.25, 0.3) is 6.33 Å². The van der Waals surface area contributed by atoms with E-state index in [1.54, 1.807) is 22.8 Å². The topological polar surface area (TPSA) is 35.9 Å². The maximum Gasteiger partial charge on any atom is 0.268 e. The molecule has 0 saturated carbocycles. The monoisotopic (exact) mass is 1140 g/mol. The molecule has 0 aliphatic rings. The van der Waals surface area contributed by atoms with Crippen LogP contribution in [0.25, 0.3) is 83.4 Å². The molecule has 0 radical (unpaired) electrons. The van der Waals surface area contributed by atoms with Crippen molar-refractivity contribution in [2.75, 3.05) is 0 Å². The van der Waals surface area contributed by atoms with Crippen LogP contribution in [-0.2, 0) is 37.3 Å². The van der Waals surface area contributed by atoms with Gasteiger partial charge in [-0.2, -0.15) is 18.2 Å². The van der Waals surface area contributed by atoms with Gasteiger partial charge in [-0.05, 0) is 102 Å². The molecule has 3 aromatic heterocycles. The molecule has 366 valence electrons. The molecule has 5 nitrogen and oxygen atoms in total. The Morgan fingerprint density at radius 3 is 1.96 bits per heavy atom. The average Bonchev–Trinajstić information content (AvgIpc) is 1.52. The van der Waals surface area contributed by atoms with Crippen molar-refractivity contribution >= 4 is 32.8 Å². The molecule has 11 aromatic rings. The van der Waals surface area contributed by atoms with Gasteiger partial charge >= 0.3 is 0 Å². The van der Waals surface area contributed by atoms with Gasteiger partial charge in [0, 0.05) is 54.0 Å². The fourth-order valence-corrected chi connectivity index (χ4v) is 9.34. The Morgan fingerprint density at radius 2 is 1.26 bits per heavy atom. The minimum absolute atomic E-state index is 0. The molecule has 11 rings (SSSR count). The van der Waals surface area contributed by atoms with E-state index in [2.05, 4.69) is 117 Å². The van der Waals surface area contributed by atoms with Crippen molar-refractivity contribution in [2.24, 2.45) is 0 Å². The molecule has 0 aliphatic heterocycles. The molecular formula is C67H60N4OPt-2. The third-order valence-electron chi connectivity index (χ3n) is 13.1. The second-order valence-electron chi connectivity index (χ2n) is 21.3. The van der Waals surface area contributed by atoms with Crippen LogP contribution in [0, 0.1) is 25.3 Å². The van der Waals surface area contributed by atoms with Gasteiger partial charge in [0.15, 0.2) is 0 Å². The summed E-state index contributed by atoms with van der Waals surface area (Å²) in [5.74, 6) is 0.733. The van der Waals surface area contributed by atoms with Crippen molar-refractivity contribution in [3.8, 4) is 62.1 Å². The van der Waals surface area contributed by atoms with Gasteiger partial charge in [-0.25, -0.2) is 4.98 Å². The maximum absolute atomic E-state index is 8.99. The first-order valence-corrected chi connectivity index (χ1v) is 24.0. The SMILES string of the molecule is [2H]c1c([2H])c([2H])c(-c2ccc3c(c2)n(-c2[c-]c(Oc4[c-]c5c(cc4)c4ccccc4n5-c4cc(C([2H])([2H])[2H])c(-c5c([2H])c([2H])c([2H])c([2H])c5[2H])cn4)ccc2)[c-][n+]3-c2c(-c3cc(C(C)(C)C)cc(C(C)(C)C)c3)cccc2C(C)(C)C)c([2H])c1[2H].[Pt]. The Bertz CT molecular complexity index is 4490. The molecular weight excluding hydrogens is 1070 g/mol. The quantitative estimate of drug-likeness (QED) is 0.112. The Kier molecular flexibility index (Phi) is 9.27. The first-order chi connectivity index (χ1) is 39.8. The Labute approximate surface area is 463 Å². The van der Waals surface area contributed by atoms with E-state index in [0.29, 0.717) is 33.3 Å². The zero-order valence-corrected chi connectivity index (χ0v) is 44.3. The van der Waals surface area contributed by atoms with E-state index in [0.717, 1.165) is 33.2 Å². The summed E-state index contributed by atoms with van der Waals surface area (Å²) in [6.07, 6.45) is 4.95. The van der Waals surface area contributed by atoms with Crippen molar-refractivity contribution in [3.63, 3.8) is 0 Å². The molecule has 6 heteroatoms. The van der Waals surface area contributed by atoms with Crippen molar-refractivity contribution in [1.82, 2.24) is 14.1 Å². The van der Waals surface area contributed by atoms with Gasteiger partial charge in [0.1, 0.15) is 5.82 Å². The number of pyridine rings is 1. The van der Waals surface area contributed by atoms with Gasteiger partial charge < -0.3 is 13.9 Å². The number of hydrogen-bond acceptors (Lipinski definition) is 2. The van der Waals surface area contributed by atoms with Crippen molar-refractivity contribution in [2.45, 2.75) is 85.4 Å². The molecule has 3 heterocycles. The van der Waals surface area contributed by atoms with E-state index in [9.17, 15) is 0 Å². The molecule has 73 heavy (non-hydrogen) atoms. The summed E-state index contributed by atoms with van der Waals surface area (Å²) in [5, 5.41) is 1.55. The molecule has 0 N–H and O–H groups in total. The van der Waals surface area contributed by atoms with Gasteiger partial charge in [0.05, 0.1) is 30.4 Å². The van der Waals surface area contributed by atoms with Crippen LogP contribution in [0.3, 0.4) is 0 Å². The summed E-state index contributed by atoms with van der Waals surface area (Å²) in [4.78, 5) is 4.71. The average molecular weight is 1150 g/mol. The fourth-order valence-electron chi connectivity index (χ4n) is 9.34. The first kappa shape index (κ1) is 35.7. The van der Waals surface area contributed by atoms with Gasteiger partial charge in [-0.1, -0.05) is 195 Å². The third-order valence-corrected chi connectivity index (χ3v) is 13.1. The van der Waals surface area contributed by atoms with Crippen LogP contribution in [0.15, 0.2) is 182 Å². The summed E-state index contributed by atoms with van der Waals surface area (Å²) in [6, 6.07) is 38.6. The molecule has 0 aliphatic carbocycles. The van der Waals surface area contributed by atoms with Gasteiger partial charge in [0.2, 0.25) is 0 Å². The number of fused-ring (bicyclic) bond motifs is 4. The molecule has 0 unspecified atom stereocenters. The predicted molar refractivity (Wildman–Crippen MR) is 297 cm³/mol. The second kappa shape index (κ2) is 18.9. The third kappa shape index (κ3) is 9.37. The van der Waals surface area contributed by atoms with Crippen LogP contribution in [-0.4, -0.2) is 14.1 Å². The summed E-state index contributed by atoms with van der Waals surface area (Å²) >= 11 is 0. The van der Waals surface area contributed by atoms with E-state index >= 15 is 0 Å². The molecule has 8 aromatic carbocycles. The zero-order valence-electron chi connectivity index (χ0n) is 55.1. The summed E-state index contributed by atoms with van der Waals surface area (Å²) < 4.78 is 124. The van der Waals surface area contributed by atoms with Gasteiger partial charge in [-0.15, -0.1) is 29.7 Å². The van der Waals surface area contributed by atoms with E-state index < -0.39 is 55.2 Å². The summed E-state index contributed by atoms with van der Waals surface area (Å²) in [5.41, 5.74) is 8.32. The standard InChI is InChI=1S/C67H60N4O.Pt/c1-44-35-63(68-42-57(44)46-23-15-12-16-24-46)71-59-30-18-17-27-55(59)56-33-32-53(41-61(56)71)72-52-26-19-25-51(40-52)69-43-70(60-34-31-47(38-62(60)69)45-21-13-11-14-22-45)64-54(28-20-29-58(64)67(8,9)10)48-36-49(65(2,3)4)39-50(37-48)66(5,6)7;/h11-39,42H,1-10H3;/q-2;/i1D3,11D,12D,13D,14D,15D,16D,21D,22D,23D,24D;. The molecule has 0 saturated heterocycles. The van der Waals surface area contributed by atoms with Gasteiger partial charge in [-0.3, -0.25) is 4.57 Å². The molecule has 0 atom stereocenters. The largest absolute Gasteiger partial charge is 0.510 e. The smallest absolute Gasteiger partial charge is 0.268 e. The van der Waals surface area contributed by atoms with E-state index in [1.165, 1.54) is 23.4 Å². The van der Waals surface area contributed by atoms with Crippen molar-refractivity contribution in [1.29, 1.82) is 0 Å². The number of nitrogens with zero attached hydrogens (tertiary/aromatic N) is 4. The van der Waals surface area contributed by atoms with Crippen LogP contribution < -0.4 is 9.30 Å². The summed E-state index contributed by atoms with van der Waals surface area (Å²) in [7, 11) is 0. The normalized spacial score (nSPS) is 14.8. The number of aryl methyl sites for hydroxylation is 1. The van der Waals surface area contributed by atoms with E-state index in [-0.39, 0.29) is 89.0 Å². The second-order valence-corrected chi connectivity index (χ2v) is 21.3. The predicted octanol–water partition coefficient (Wildman–Crippen LogP) is 16.8. The molecule has 0 fully saturated rings. The zero-order chi connectivity index (χ0) is 61.3. The number of aromatic nitrogens is 4. The Morgan fingerprint density at radius 1 is 0.575 bits per heavy atom. The number of rotatable bonds is 8. The fraction of sp³-hybridized carbons (Fsp3) is 0.194. The molecule has 0 amide bonds. The number of ether oxygens (including phenoxy) is 1. The minimum atomic E-state index is -2.80. The minimum Gasteiger partial charge on any atom is -0.510 e. The molecule has 0 spiro atoms. The van der Waals surface area contributed by atoms with Crippen LogP contribution in [0.5, 0.6) is 11.5 Å². The van der Waals surface area contributed by atoms with E-state index in [1.807, 2.05) is 63.7 Å². The Balaban J connectivity index is 0.00000820. The maximum atomic E-state index is 8.99. The van der Waals surface area contributed by atoms with Crippen LogP contribution in [0.4, 0.5) is 0 Å². The van der Waals surface area contributed by atoms with Crippen molar-refractivity contribution in [3.05, 3.63) is 223 Å². The number of benzene rings is 8. The number of hydrogen-bond donors (Lipinski definition) is 0. The Hall–Kier alpha value is -7.33. The van der Waals surface area contributed by atoms with Crippen LogP contribution in [0.2, 0.25) is 0 Å². The first-order valence-electron chi connectivity index (χ1n) is 30.5. The van der Waals surface area contributed by atoms with Crippen LogP contribution >= 0.6 is 0 Å². The van der Waals surface area contributed by atoms with E-state index in [4.69, 9.17) is 27.5 Å². The van der Waals surface area contributed by atoms with Crippen molar-refractivity contribution < 1.29 is 48.2 Å². The summed E-state index contributed by atoms with van der Waals surface area (Å²) in [6.45, 7) is 17.0. The number of para-hydroxylation sites is 2. The molecule has 0 bridgehead atoms. The number of imidazole rings is 1. The van der Waals surface area contributed by atoms with Crippen LogP contribution in [0.1, 0.15) is 102 Å².